The van der Waals surface area contributed by atoms with Gasteiger partial charge in [-0.2, -0.15) is 0 Å². The van der Waals surface area contributed by atoms with Gasteiger partial charge in [0.25, 0.3) is 11.1 Å². The fraction of sp³-hybridized carbons (Fsp3) is 0. The van der Waals surface area contributed by atoms with Crippen LogP contribution >= 0.6 is 11.3 Å². The van der Waals surface area contributed by atoms with Crippen LogP contribution in [0.25, 0.3) is 10.2 Å². The number of aromatic nitrogens is 3. The van der Waals surface area contributed by atoms with E-state index in [0.29, 0.717) is 4.70 Å². The quantitative estimate of drug-likeness (QED) is 0.555. The summed E-state index contributed by atoms with van der Waals surface area (Å²) in [5.74, 6) is 0. The van der Waals surface area contributed by atoms with Gasteiger partial charge in [-0.25, -0.2) is 4.98 Å². The predicted octanol–water partition coefficient (Wildman–Crippen LogP) is -0.527. The minimum absolute atomic E-state index is 0.152. The second kappa shape index (κ2) is 2.03. The minimum Gasteiger partial charge on any atom is -0.266 e. The second-order valence-electron chi connectivity index (χ2n) is 1.89. The SMILES string of the molecule is O=c1[nH][nH]c(=O)c2s[c]nc12. The lowest BCUT2D eigenvalue weighted by molar-refractivity contribution is 0.975. The average molecular weight is 168 g/mol. The minimum atomic E-state index is -0.392. The van der Waals surface area contributed by atoms with Crippen LogP contribution < -0.4 is 11.1 Å². The number of hydrogen-bond acceptors (Lipinski definition) is 4. The standard InChI is InChI=1S/C5H2N3O2S/c9-4-2-3(11-1-6-2)5(10)8-7-4/h(H,7,9)(H,8,10). The Kier molecular flexibility index (Phi) is 1.16. The first-order chi connectivity index (χ1) is 5.29. The zero-order valence-electron chi connectivity index (χ0n) is 5.17. The molecule has 0 aliphatic rings. The third kappa shape index (κ3) is 0.795. The van der Waals surface area contributed by atoms with E-state index in [0.717, 1.165) is 11.3 Å². The molecular formula is C5H2N3O2S. The van der Waals surface area contributed by atoms with Crippen molar-refractivity contribution in [3.63, 3.8) is 0 Å². The van der Waals surface area contributed by atoms with Crippen LogP contribution in [0.15, 0.2) is 9.59 Å². The lowest BCUT2D eigenvalue weighted by Gasteiger charge is -1.82. The highest BCUT2D eigenvalue weighted by Gasteiger charge is 2.03. The molecule has 0 unspecified atom stereocenters. The Balaban J connectivity index is 3.21. The van der Waals surface area contributed by atoms with Gasteiger partial charge in [0.05, 0.1) is 0 Å². The van der Waals surface area contributed by atoms with Gasteiger partial charge in [0.1, 0.15) is 4.70 Å². The molecule has 0 aromatic carbocycles. The molecule has 0 aliphatic carbocycles. The first-order valence-electron chi connectivity index (χ1n) is 2.76. The molecule has 1 radical (unpaired) electrons. The van der Waals surface area contributed by atoms with E-state index in [1.807, 2.05) is 0 Å². The summed E-state index contributed by atoms with van der Waals surface area (Å²) in [5.41, 5.74) is 1.90. The van der Waals surface area contributed by atoms with E-state index in [9.17, 15) is 9.59 Å². The summed E-state index contributed by atoms with van der Waals surface area (Å²) in [6.07, 6.45) is 0. The van der Waals surface area contributed by atoms with Gasteiger partial charge < -0.3 is 0 Å². The van der Waals surface area contributed by atoms with Crippen molar-refractivity contribution in [3.05, 3.63) is 26.2 Å². The highest BCUT2D eigenvalue weighted by molar-refractivity contribution is 7.16. The van der Waals surface area contributed by atoms with E-state index < -0.39 is 5.56 Å². The van der Waals surface area contributed by atoms with Crippen molar-refractivity contribution >= 4 is 21.6 Å². The Hall–Kier alpha value is -1.43. The van der Waals surface area contributed by atoms with Gasteiger partial charge in [0, 0.05) is 0 Å². The lowest BCUT2D eigenvalue weighted by atomic mass is 10.5. The van der Waals surface area contributed by atoms with Gasteiger partial charge in [-0.15, -0.1) is 11.3 Å². The summed E-state index contributed by atoms with van der Waals surface area (Å²) in [6, 6.07) is 0. The first kappa shape index (κ1) is 6.29. The Bertz CT molecular complexity index is 450. The van der Waals surface area contributed by atoms with Gasteiger partial charge in [0.15, 0.2) is 11.0 Å². The van der Waals surface area contributed by atoms with Crippen LogP contribution in [0.4, 0.5) is 0 Å². The number of hydrogen-bond donors (Lipinski definition) is 2. The molecular weight excluding hydrogens is 166 g/mol. The zero-order chi connectivity index (χ0) is 7.84. The van der Waals surface area contributed by atoms with Crippen LogP contribution in [-0.2, 0) is 0 Å². The van der Waals surface area contributed by atoms with Crippen LogP contribution in [-0.4, -0.2) is 15.2 Å². The van der Waals surface area contributed by atoms with Crippen LogP contribution in [0.1, 0.15) is 0 Å². The number of fused-ring (bicyclic) bond motifs is 1. The summed E-state index contributed by atoms with van der Waals surface area (Å²) in [5, 5.41) is 4.35. The molecule has 0 amide bonds. The molecule has 0 saturated heterocycles. The summed E-state index contributed by atoms with van der Waals surface area (Å²) in [7, 11) is 0. The summed E-state index contributed by atoms with van der Waals surface area (Å²) in [4.78, 5) is 25.4. The molecule has 0 fully saturated rings. The largest absolute Gasteiger partial charge is 0.290 e. The summed E-state index contributed by atoms with van der Waals surface area (Å²) < 4.78 is 0.314. The first-order valence-corrected chi connectivity index (χ1v) is 3.58. The summed E-state index contributed by atoms with van der Waals surface area (Å²) >= 11 is 1.03. The van der Waals surface area contributed by atoms with Gasteiger partial charge in [-0.05, 0) is 0 Å². The monoisotopic (exact) mass is 168 g/mol. The van der Waals surface area contributed by atoms with E-state index in [1.165, 1.54) is 0 Å². The number of aromatic amines is 2. The molecule has 6 heteroatoms. The van der Waals surface area contributed by atoms with E-state index in [1.54, 1.807) is 0 Å². The smallest absolute Gasteiger partial charge is 0.266 e. The van der Waals surface area contributed by atoms with Crippen molar-refractivity contribution in [1.82, 2.24) is 15.2 Å². The van der Waals surface area contributed by atoms with Gasteiger partial charge in [-0.1, -0.05) is 0 Å². The third-order valence-electron chi connectivity index (χ3n) is 1.23. The number of H-pyrrole nitrogens is 2. The van der Waals surface area contributed by atoms with Crippen molar-refractivity contribution in [3.8, 4) is 0 Å². The maximum absolute atomic E-state index is 10.9. The lowest BCUT2D eigenvalue weighted by Crippen LogP contribution is -2.17. The molecule has 55 valence electrons. The van der Waals surface area contributed by atoms with Crippen molar-refractivity contribution in [2.75, 3.05) is 0 Å². The van der Waals surface area contributed by atoms with Gasteiger partial charge in [-0.3, -0.25) is 19.8 Å². The van der Waals surface area contributed by atoms with E-state index in [2.05, 4.69) is 20.7 Å². The van der Waals surface area contributed by atoms with Gasteiger partial charge >= 0.3 is 0 Å². The zero-order valence-corrected chi connectivity index (χ0v) is 5.99. The highest BCUT2D eigenvalue weighted by atomic mass is 32.1. The molecule has 0 atom stereocenters. The molecule has 2 rings (SSSR count). The molecule has 0 saturated carbocycles. The molecule has 2 heterocycles. The van der Waals surface area contributed by atoms with Gasteiger partial charge in [0.2, 0.25) is 0 Å². The van der Waals surface area contributed by atoms with Crippen LogP contribution in [0.2, 0.25) is 0 Å². The number of thiazole rings is 1. The second-order valence-corrected chi connectivity index (χ2v) is 2.69. The molecule has 2 N–H and O–H groups in total. The molecule has 2 aromatic rings. The molecule has 0 aliphatic heterocycles. The Morgan fingerprint density at radius 2 is 2.00 bits per heavy atom. The van der Waals surface area contributed by atoms with Crippen molar-refractivity contribution in [1.29, 1.82) is 0 Å². The van der Waals surface area contributed by atoms with E-state index in [-0.39, 0.29) is 11.1 Å². The number of nitrogens with zero attached hydrogens (tertiary/aromatic N) is 1. The fourth-order valence-corrected chi connectivity index (χ4v) is 1.36. The number of nitrogens with one attached hydrogen (secondary N) is 2. The van der Waals surface area contributed by atoms with Crippen LogP contribution in [0.5, 0.6) is 0 Å². The summed E-state index contributed by atoms with van der Waals surface area (Å²) in [6.45, 7) is 0. The Labute approximate surface area is 63.7 Å². The molecule has 5 nitrogen and oxygen atoms in total. The Morgan fingerprint density at radius 3 is 2.73 bits per heavy atom. The average Bonchev–Trinajstić information content (AvgIpc) is 2.45. The fourth-order valence-electron chi connectivity index (χ4n) is 0.750. The van der Waals surface area contributed by atoms with Crippen molar-refractivity contribution < 1.29 is 0 Å². The molecule has 0 bridgehead atoms. The maximum Gasteiger partial charge on any atom is 0.290 e. The third-order valence-corrected chi connectivity index (χ3v) is 2.00. The highest BCUT2D eigenvalue weighted by Crippen LogP contribution is 2.05. The number of rotatable bonds is 0. The van der Waals surface area contributed by atoms with E-state index in [4.69, 9.17) is 0 Å². The molecule has 0 spiro atoms. The van der Waals surface area contributed by atoms with Crippen molar-refractivity contribution in [2.24, 2.45) is 0 Å². The Morgan fingerprint density at radius 1 is 1.27 bits per heavy atom. The van der Waals surface area contributed by atoms with Crippen molar-refractivity contribution in [2.45, 2.75) is 0 Å². The molecule has 11 heavy (non-hydrogen) atoms. The molecule has 2 aromatic heterocycles. The van der Waals surface area contributed by atoms with Crippen LogP contribution in [0, 0.1) is 5.51 Å². The topological polar surface area (TPSA) is 78.6 Å². The van der Waals surface area contributed by atoms with Crippen LogP contribution in [0.3, 0.4) is 0 Å². The predicted molar refractivity (Wildman–Crippen MR) is 39.7 cm³/mol. The normalized spacial score (nSPS) is 10.5. The van der Waals surface area contributed by atoms with E-state index >= 15 is 0 Å². The maximum atomic E-state index is 10.9.